The molecule has 0 aliphatic carbocycles. The molecule has 0 bridgehead atoms. The number of carboxylic acids is 1. The molecule has 7 heteroatoms. The monoisotopic (exact) mass is 715 g/mol. The minimum absolute atomic E-state index is 0.288. The number of carboxylic acid groups (broad SMARTS) is 1. The van der Waals surface area contributed by atoms with Gasteiger partial charge in [-0.05, 0) is 102 Å². The number of unbranched alkanes of at least 4 members (excludes halogenated alkanes) is 5. The van der Waals surface area contributed by atoms with Crippen LogP contribution in [0.5, 0.6) is 11.5 Å². The van der Waals surface area contributed by atoms with E-state index >= 15 is 0 Å². The maximum Gasteiger partial charge on any atom is 0.346 e. The Balaban J connectivity index is 1.19. The number of fused-ring (bicyclic) bond motifs is 2. The highest BCUT2D eigenvalue weighted by Crippen LogP contribution is 2.50. The molecule has 1 N–H and O–H groups in total. The summed E-state index contributed by atoms with van der Waals surface area (Å²) in [5, 5.41) is 18.5. The molecule has 1 aromatic heterocycles. The number of carbonyl (C=O) groups is 1. The number of rotatable bonds is 14. The number of para-hydroxylation sites is 2. The van der Waals surface area contributed by atoms with Gasteiger partial charge in [0.1, 0.15) is 11.6 Å². The SMILES string of the molecule is CCCCCCCCN1c2ccc(-c3ccc(N(c4ccccc4)c4ccccc4)cc3)cc2Oc2cc(-c3ccc(/C=C(/C#N)C(=O)O)s3)ccc21. The van der Waals surface area contributed by atoms with Gasteiger partial charge >= 0.3 is 5.97 Å². The predicted molar refractivity (Wildman–Crippen MR) is 218 cm³/mol. The van der Waals surface area contributed by atoms with Crippen LogP contribution in [0.25, 0.3) is 27.6 Å². The standard InChI is InChI=1S/C46H41N3O3S/c1-2-3-4-5-6-13-28-48-41-25-20-34(33-18-22-39(23-19-33)49(37-14-9-7-10-15-37)38-16-11-8-12-17-38)30-43(41)52-44-31-35(21-26-42(44)48)45-27-24-40(53-45)29-36(32-47)46(50)51/h7-12,14-27,29-31H,2-6,13,28H2,1H3,(H,50,51)/b36-29-. The van der Waals surface area contributed by atoms with Gasteiger partial charge in [-0.25, -0.2) is 4.79 Å². The Bertz CT molecular complexity index is 2220. The maximum absolute atomic E-state index is 11.4. The third kappa shape index (κ3) is 8.04. The summed E-state index contributed by atoms with van der Waals surface area (Å²) in [4.78, 5) is 17.7. The number of anilines is 5. The first kappa shape index (κ1) is 35.3. The third-order valence-corrected chi connectivity index (χ3v) is 10.6. The van der Waals surface area contributed by atoms with Crippen LogP contribution in [0.3, 0.4) is 0 Å². The lowest BCUT2D eigenvalue weighted by molar-refractivity contribution is -0.132. The second-order valence-electron chi connectivity index (χ2n) is 13.1. The second-order valence-corrected chi connectivity index (χ2v) is 14.2. The fourth-order valence-electron chi connectivity index (χ4n) is 6.78. The van der Waals surface area contributed by atoms with Crippen molar-refractivity contribution in [3.8, 4) is 39.1 Å². The summed E-state index contributed by atoms with van der Waals surface area (Å²) in [5.41, 5.74) is 8.21. The van der Waals surface area contributed by atoms with Crippen molar-refractivity contribution in [1.82, 2.24) is 0 Å². The zero-order valence-electron chi connectivity index (χ0n) is 29.7. The number of nitriles is 1. The van der Waals surface area contributed by atoms with E-state index in [0.29, 0.717) is 4.88 Å². The van der Waals surface area contributed by atoms with Gasteiger partial charge in [0.15, 0.2) is 11.5 Å². The summed E-state index contributed by atoms with van der Waals surface area (Å²) in [6, 6.07) is 47.9. The Morgan fingerprint density at radius 1 is 0.717 bits per heavy atom. The number of thiophene rings is 1. The van der Waals surface area contributed by atoms with E-state index in [1.165, 1.54) is 49.5 Å². The van der Waals surface area contributed by atoms with Gasteiger partial charge in [-0.2, -0.15) is 5.26 Å². The van der Waals surface area contributed by atoms with Crippen molar-refractivity contribution in [2.45, 2.75) is 45.4 Å². The average molecular weight is 716 g/mol. The Labute approximate surface area is 315 Å². The van der Waals surface area contributed by atoms with Crippen molar-refractivity contribution >= 4 is 51.8 Å². The van der Waals surface area contributed by atoms with Gasteiger partial charge < -0.3 is 19.6 Å². The molecule has 6 aromatic rings. The lowest BCUT2D eigenvalue weighted by Crippen LogP contribution is -2.22. The zero-order chi connectivity index (χ0) is 36.6. The normalized spacial score (nSPS) is 12.0. The van der Waals surface area contributed by atoms with Crippen LogP contribution in [0.15, 0.2) is 139 Å². The molecule has 0 atom stereocenters. The van der Waals surface area contributed by atoms with E-state index in [2.05, 4.69) is 126 Å². The van der Waals surface area contributed by atoms with Gasteiger partial charge in [0.05, 0.1) is 11.4 Å². The van der Waals surface area contributed by atoms with Crippen LogP contribution in [0, 0.1) is 11.3 Å². The molecule has 0 fully saturated rings. The fourth-order valence-corrected chi connectivity index (χ4v) is 7.73. The smallest absolute Gasteiger partial charge is 0.346 e. The highest BCUT2D eigenvalue weighted by molar-refractivity contribution is 7.16. The molecule has 53 heavy (non-hydrogen) atoms. The van der Waals surface area contributed by atoms with Gasteiger partial charge in [0.25, 0.3) is 0 Å². The summed E-state index contributed by atoms with van der Waals surface area (Å²) in [6.45, 7) is 3.13. The molecule has 0 saturated carbocycles. The van der Waals surface area contributed by atoms with Crippen LogP contribution in [0.2, 0.25) is 0 Å². The summed E-state index contributed by atoms with van der Waals surface area (Å²) in [6.07, 6.45) is 8.70. The fraction of sp³-hybridized carbons (Fsp3) is 0.174. The van der Waals surface area contributed by atoms with Crippen molar-refractivity contribution in [1.29, 1.82) is 5.26 Å². The van der Waals surface area contributed by atoms with Crippen LogP contribution in [-0.4, -0.2) is 17.6 Å². The predicted octanol–water partition coefficient (Wildman–Crippen LogP) is 13.1. The minimum Gasteiger partial charge on any atom is -0.477 e. The Kier molecular flexibility index (Phi) is 11.0. The Morgan fingerprint density at radius 3 is 1.91 bits per heavy atom. The van der Waals surface area contributed by atoms with Crippen LogP contribution in [0.4, 0.5) is 28.4 Å². The largest absolute Gasteiger partial charge is 0.477 e. The molecule has 5 aromatic carbocycles. The van der Waals surface area contributed by atoms with Gasteiger partial charge in [-0.3, -0.25) is 0 Å². The molecular formula is C46H41N3O3S. The zero-order valence-corrected chi connectivity index (χ0v) is 30.6. The number of aliphatic carboxylic acids is 1. The number of hydrogen-bond acceptors (Lipinski definition) is 6. The molecule has 1 aliphatic rings. The summed E-state index contributed by atoms with van der Waals surface area (Å²) >= 11 is 1.44. The van der Waals surface area contributed by atoms with E-state index in [9.17, 15) is 15.2 Å². The number of benzene rings is 5. The molecule has 264 valence electrons. The summed E-state index contributed by atoms with van der Waals surface area (Å²) in [5.74, 6) is 0.362. The molecule has 0 spiro atoms. The molecule has 0 saturated heterocycles. The van der Waals surface area contributed by atoms with Crippen LogP contribution < -0.4 is 14.5 Å². The topological polar surface area (TPSA) is 76.8 Å². The average Bonchev–Trinajstić information content (AvgIpc) is 3.67. The number of ether oxygens (including phenoxy) is 1. The molecular weight excluding hydrogens is 675 g/mol. The van der Waals surface area contributed by atoms with Crippen molar-refractivity contribution in [3.05, 3.63) is 144 Å². The highest BCUT2D eigenvalue weighted by atomic mass is 32.1. The molecule has 1 aliphatic heterocycles. The molecule has 0 amide bonds. The quantitative estimate of drug-likeness (QED) is 0.0687. The lowest BCUT2D eigenvalue weighted by atomic mass is 10.0. The van der Waals surface area contributed by atoms with Gasteiger partial charge in [0.2, 0.25) is 0 Å². The van der Waals surface area contributed by atoms with Gasteiger partial charge in [-0.1, -0.05) is 99.7 Å². The van der Waals surface area contributed by atoms with E-state index in [0.717, 1.165) is 74.5 Å². The maximum atomic E-state index is 11.4. The molecule has 0 unspecified atom stereocenters. The van der Waals surface area contributed by atoms with Crippen molar-refractivity contribution in [2.24, 2.45) is 0 Å². The first-order valence-electron chi connectivity index (χ1n) is 18.2. The number of hydrogen-bond donors (Lipinski definition) is 1. The molecule has 0 radical (unpaired) electrons. The van der Waals surface area contributed by atoms with Gasteiger partial charge in [-0.15, -0.1) is 11.3 Å². The molecule has 2 heterocycles. The van der Waals surface area contributed by atoms with E-state index in [1.54, 1.807) is 6.07 Å². The lowest BCUT2D eigenvalue weighted by Gasteiger charge is -2.33. The third-order valence-electron chi connectivity index (χ3n) is 9.49. The first-order valence-corrected chi connectivity index (χ1v) is 19.0. The first-order chi connectivity index (χ1) is 26.0. The molecule has 6 nitrogen and oxygen atoms in total. The minimum atomic E-state index is -1.23. The van der Waals surface area contributed by atoms with E-state index < -0.39 is 5.97 Å². The van der Waals surface area contributed by atoms with Crippen molar-refractivity contribution < 1.29 is 14.6 Å². The van der Waals surface area contributed by atoms with Crippen molar-refractivity contribution in [3.63, 3.8) is 0 Å². The highest BCUT2D eigenvalue weighted by Gasteiger charge is 2.26. The van der Waals surface area contributed by atoms with E-state index in [1.807, 2.05) is 24.3 Å². The summed E-state index contributed by atoms with van der Waals surface area (Å²) < 4.78 is 6.71. The van der Waals surface area contributed by atoms with Crippen LogP contribution in [0.1, 0.15) is 50.3 Å². The van der Waals surface area contributed by atoms with Gasteiger partial charge in [0, 0.05) is 33.4 Å². The van der Waals surface area contributed by atoms with Crippen molar-refractivity contribution in [2.75, 3.05) is 16.3 Å². The van der Waals surface area contributed by atoms with E-state index in [-0.39, 0.29) is 5.57 Å². The van der Waals surface area contributed by atoms with Crippen LogP contribution >= 0.6 is 11.3 Å². The van der Waals surface area contributed by atoms with Crippen LogP contribution in [-0.2, 0) is 4.79 Å². The van der Waals surface area contributed by atoms with E-state index in [4.69, 9.17) is 4.74 Å². The number of nitrogens with zero attached hydrogens (tertiary/aromatic N) is 3. The Morgan fingerprint density at radius 2 is 1.28 bits per heavy atom. The Hall–Kier alpha value is -6.10. The second kappa shape index (κ2) is 16.5. The molecule has 7 rings (SSSR count). The summed E-state index contributed by atoms with van der Waals surface area (Å²) in [7, 11) is 0.